The molecule has 1 heterocycles. The number of nitrogens with zero attached hydrogens (tertiary/aromatic N) is 3. The highest BCUT2D eigenvalue weighted by molar-refractivity contribution is 9.10. The Kier molecular flexibility index (Phi) is 4.56. The number of fused-ring (bicyclic) bond motifs is 1. The van der Waals surface area contributed by atoms with Crippen LogP contribution in [-0.4, -0.2) is 9.91 Å². The molecule has 0 spiro atoms. The van der Waals surface area contributed by atoms with Crippen molar-refractivity contribution in [1.82, 2.24) is 4.98 Å². The monoisotopic (exact) mass is 419 g/mol. The van der Waals surface area contributed by atoms with E-state index in [0.29, 0.717) is 5.69 Å². The number of pyridine rings is 1. The van der Waals surface area contributed by atoms with Crippen LogP contribution in [0, 0.1) is 10.1 Å². The maximum atomic E-state index is 11.4. The number of halogens is 1. The van der Waals surface area contributed by atoms with E-state index in [1.54, 1.807) is 6.20 Å². The van der Waals surface area contributed by atoms with Gasteiger partial charge in [-0.2, -0.15) is 0 Å². The van der Waals surface area contributed by atoms with Crippen LogP contribution in [-0.2, 0) is 0 Å². The molecule has 0 aliphatic heterocycles. The second-order valence-corrected chi connectivity index (χ2v) is 6.71. The molecule has 0 aliphatic carbocycles. The summed E-state index contributed by atoms with van der Waals surface area (Å²) in [6.45, 7) is 0. The van der Waals surface area contributed by atoms with Gasteiger partial charge in [0, 0.05) is 17.4 Å². The van der Waals surface area contributed by atoms with Gasteiger partial charge in [-0.1, -0.05) is 48.5 Å². The van der Waals surface area contributed by atoms with E-state index in [2.05, 4.69) is 33.0 Å². The lowest BCUT2D eigenvalue weighted by Gasteiger charge is -2.25. The molecule has 4 aromatic rings. The van der Waals surface area contributed by atoms with Gasteiger partial charge in [-0.25, -0.2) is 4.98 Å². The number of hydrogen-bond acceptors (Lipinski definition) is 4. The summed E-state index contributed by atoms with van der Waals surface area (Å²) in [6, 6.07) is 25.5. The quantitative estimate of drug-likeness (QED) is 0.219. The average Bonchev–Trinajstić information content (AvgIpc) is 2.70. The molecule has 0 fully saturated rings. The molecule has 132 valence electrons. The number of rotatable bonds is 4. The first-order valence-electron chi connectivity index (χ1n) is 8.27. The third-order valence-electron chi connectivity index (χ3n) is 4.27. The first kappa shape index (κ1) is 17.2. The van der Waals surface area contributed by atoms with Crippen molar-refractivity contribution in [2.45, 2.75) is 0 Å². The first-order valence-corrected chi connectivity index (χ1v) is 9.07. The molecule has 5 nitrogen and oxygen atoms in total. The largest absolute Gasteiger partial charge is 0.309 e. The Morgan fingerprint density at radius 2 is 1.52 bits per heavy atom. The molecule has 0 saturated carbocycles. The molecule has 0 bridgehead atoms. The van der Waals surface area contributed by atoms with E-state index in [1.165, 1.54) is 6.07 Å². The zero-order valence-corrected chi connectivity index (χ0v) is 15.7. The number of anilines is 3. The second kappa shape index (κ2) is 7.17. The molecule has 0 radical (unpaired) electrons. The van der Waals surface area contributed by atoms with E-state index in [1.807, 2.05) is 65.6 Å². The van der Waals surface area contributed by atoms with Gasteiger partial charge in [-0.3, -0.25) is 10.1 Å². The summed E-state index contributed by atoms with van der Waals surface area (Å²) in [6.07, 6.45) is 1.62. The topological polar surface area (TPSA) is 59.3 Å². The highest BCUT2D eigenvalue weighted by Crippen LogP contribution is 2.38. The van der Waals surface area contributed by atoms with Crippen LogP contribution in [0.5, 0.6) is 0 Å². The maximum absolute atomic E-state index is 11.4. The van der Waals surface area contributed by atoms with Crippen LogP contribution in [0.15, 0.2) is 89.7 Å². The van der Waals surface area contributed by atoms with Crippen molar-refractivity contribution in [2.24, 2.45) is 0 Å². The number of para-hydroxylation sites is 1. The minimum absolute atomic E-state index is 0.0748. The molecule has 0 amide bonds. The average molecular weight is 420 g/mol. The first-order chi connectivity index (χ1) is 13.1. The zero-order chi connectivity index (χ0) is 18.8. The van der Waals surface area contributed by atoms with Gasteiger partial charge in [0.15, 0.2) is 4.60 Å². The molecule has 3 aromatic carbocycles. The predicted molar refractivity (Wildman–Crippen MR) is 111 cm³/mol. The fourth-order valence-corrected chi connectivity index (χ4v) is 3.38. The van der Waals surface area contributed by atoms with Gasteiger partial charge in [-0.15, -0.1) is 0 Å². The van der Waals surface area contributed by atoms with Crippen LogP contribution in [0.25, 0.3) is 10.8 Å². The predicted octanol–water partition coefficient (Wildman–Crippen LogP) is 6.38. The normalized spacial score (nSPS) is 10.7. The van der Waals surface area contributed by atoms with E-state index in [-0.39, 0.29) is 10.3 Å². The third-order valence-corrected chi connectivity index (χ3v) is 4.88. The van der Waals surface area contributed by atoms with Crippen molar-refractivity contribution >= 4 is 49.5 Å². The lowest BCUT2D eigenvalue weighted by Crippen LogP contribution is -2.10. The maximum Gasteiger partial charge on any atom is 0.304 e. The van der Waals surface area contributed by atoms with Crippen LogP contribution in [0.2, 0.25) is 0 Å². The third kappa shape index (κ3) is 3.39. The van der Waals surface area contributed by atoms with E-state index in [4.69, 9.17) is 0 Å². The fraction of sp³-hybridized carbons (Fsp3) is 0. The lowest BCUT2D eigenvalue weighted by molar-refractivity contribution is -0.386. The molecule has 1 aromatic heterocycles. The van der Waals surface area contributed by atoms with E-state index in [9.17, 15) is 10.1 Å². The minimum Gasteiger partial charge on any atom is -0.309 e. The molecule has 0 N–H and O–H groups in total. The minimum atomic E-state index is -0.440. The number of nitro groups is 1. The van der Waals surface area contributed by atoms with Crippen LogP contribution in [0.3, 0.4) is 0 Å². The van der Waals surface area contributed by atoms with E-state index in [0.717, 1.165) is 22.1 Å². The van der Waals surface area contributed by atoms with Crippen molar-refractivity contribution in [2.75, 3.05) is 4.90 Å². The van der Waals surface area contributed by atoms with Crippen LogP contribution >= 0.6 is 15.9 Å². The van der Waals surface area contributed by atoms with Crippen LogP contribution in [0.4, 0.5) is 22.7 Å². The van der Waals surface area contributed by atoms with Crippen molar-refractivity contribution in [3.63, 3.8) is 0 Å². The summed E-state index contributed by atoms with van der Waals surface area (Å²) in [7, 11) is 0. The van der Waals surface area contributed by atoms with Crippen molar-refractivity contribution in [1.29, 1.82) is 0 Å². The highest BCUT2D eigenvalue weighted by atomic mass is 79.9. The molecule has 6 heteroatoms. The molecular weight excluding hydrogens is 406 g/mol. The molecule has 27 heavy (non-hydrogen) atoms. The summed E-state index contributed by atoms with van der Waals surface area (Å²) in [4.78, 5) is 17.0. The van der Waals surface area contributed by atoms with E-state index < -0.39 is 4.92 Å². The summed E-state index contributed by atoms with van der Waals surface area (Å²) < 4.78 is 0.211. The van der Waals surface area contributed by atoms with Crippen molar-refractivity contribution in [3.05, 3.63) is 99.8 Å². The summed E-state index contributed by atoms with van der Waals surface area (Å²) in [5.41, 5.74) is 2.34. The molecule has 0 saturated heterocycles. The number of aromatic nitrogens is 1. The summed E-state index contributed by atoms with van der Waals surface area (Å²) in [5, 5.41) is 13.6. The SMILES string of the molecule is O=[N+]([O-])c1cc(N(c2ccccc2)c2ccc3ccccc3c2)cnc1Br. The van der Waals surface area contributed by atoms with Gasteiger partial charge >= 0.3 is 5.69 Å². The Labute approximate surface area is 164 Å². The Bertz CT molecular complexity index is 1130. The highest BCUT2D eigenvalue weighted by Gasteiger charge is 2.19. The van der Waals surface area contributed by atoms with Crippen LogP contribution < -0.4 is 4.90 Å². The Hall–Kier alpha value is -3.25. The molecule has 0 atom stereocenters. The summed E-state index contributed by atoms with van der Waals surface area (Å²) >= 11 is 3.15. The van der Waals surface area contributed by atoms with E-state index >= 15 is 0 Å². The Morgan fingerprint density at radius 3 is 2.26 bits per heavy atom. The van der Waals surface area contributed by atoms with Crippen molar-refractivity contribution in [3.8, 4) is 0 Å². The molecular formula is C21H14BrN3O2. The molecule has 0 aliphatic rings. The van der Waals surface area contributed by atoms with Crippen molar-refractivity contribution < 1.29 is 4.92 Å². The lowest BCUT2D eigenvalue weighted by atomic mass is 10.1. The zero-order valence-electron chi connectivity index (χ0n) is 14.1. The molecule has 4 rings (SSSR count). The smallest absolute Gasteiger partial charge is 0.304 e. The van der Waals surface area contributed by atoms with Gasteiger partial charge in [-0.05, 0) is 51.0 Å². The second-order valence-electron chi connectivity index (χ2n) is 5.96. The Morgan fingerprint density at radius 1 is 0.815 bits per heavy atom. The Balaban J connectivity index is 1.92. The van der Waals surface area contributed by atoms with Gasteiger partial charge in [0.05, 0.1) is 16.8 Å². The van der Waals surface area contributed by atoms with Gasteiger partial charge in [0.1, 0.15) is 0 Å². The molecule has 0 unspecified atom stereocenters. The number of benzene rings is 3. The van der Waals surface area contributed by atoms with Gasteiger partial charge < -0.3 is 4.90 Å². The number of hydrogen-bond donors (Lipinski definition) is 0. The standard InChI is InChI=1S/C21H14BrN3O2/c22-21-20(25(26)27)13-19(14-23-21)24(17-8-2-1-3-9-17)18-11-10-15-6-4-5-7-16(15)12-18/h1-14H. The fourth-order valence-electron chi connectivity index (χ4n) is 3.02. The van der Waals surface area contributed by atoms with Gasteiger partial charge in [0.2, 0.25) is 0 Å². The van der Waals surface area contributed by atoms with Crippen LogP contribution in [0.1, 0.15) is 0 Å². The van der Waals surface area contributed by atoms with Gasteiger partial charge in [0.25, 0.3) is 0 Å². The summed E-state index contributed by atoms with van der Waals surface area (Å²) in [5.74, 6) is 0.